The minimum absolute atomic E-state index is 0.0268. The lowest BCUT2D eigenvalue weighted by molar-refractivity contribution is -0.918. The molecule has 1 atom stereocenters. The number of H-pyrrole nitrogens is 1. The van der Waals surface area contributed by atoms with Crippen molar-refractivity contribution >= 4 is 10.9 Å². The van der Waals surface area contributed by atoms with Gasteiger partial charge >= 0.3 is 0 Å². The van der Waals surface area contributed by atoms with Gasteiger partial charge in [-0.15, -0.1) is 0 Å². The number of likely N-dealkylation sites (tertiary alicyclic amines) is 1. The molecule has 2 heterocycles. The summed E-state index contributed by atoms with van der Waals surface area (Å²) in [6.45, 7) is 4.50. The van der Waals surface area contributed by atoms with Crippen molar-refractivity contribution in [3.8, 4) is 0 Å². The summed E-state index contributed by atoms with van der Waals surface area (Å²) in [5.74, 6) is 0.815. The van der Waals surface area contributed by atoms with Gasteiger partial charge in [-0.1, -0.05) is 12.1 Å². The Kier molecular flexibility index (Phi) is 2.88. The highest BCUT2D eigenvalue weighted by molar-refractivity contribution is 5.77. The van der Waals surface area contributed by atoms with Gasteiger partial charge in [0.05, 0.1) is 24.0 Å². The molecule has 3 rings (SSSR count). The highest BCUT2D eigenvalue weighted by atomic mass is 16.1. The van der Waals surface area contributed by atoms with Crippen molar-refractivity contribution in [2.75, 3.05) is 13.1 Å². The average Bonchev–Trinajstić information content (AvgIpc) is 2.91. The molecule has 0 bridgehead atoms. The van der Waals surface area contributed by atoms with Crippen LogP contribution in [-0.4, -0.2) is 23.1 Å². The second-order valence-electron chi connectivity index (χ2n) is 5.06. The molecule has 2 N–H and O–H groups in total. The van der Waals surface area contributed by atoms with Crippen LogP contribution in [0.2, 0.25) is 0 Å². The molecule has 1 saturated heterocycles. The number of nitrogens with one attached hydrogen (secondary N) is 2. The Bertz CT molecular complexity index is 614. The number of hydrogen-bond acceptors (Lipinski definition) is 2. The van der Waals surface area contributed by atoms with E-state index >= 15 is 0 Å². The maximum absolute atomic E-state index is 12.0. The predicted octanol–water partition coefficient (Wildman–Crippen LogP) is 0.663. The third-order valence-electron chi connectivity index (χ3n) is 3.90. The Morgan fingerprint density at radius 2 is 2.00 bits per heavy atom. The zero-order valence-electron chi connectivity index (χ0n) is 10.6. The number of benzene rings is 1. The van der Waals surface area contributed by atoms with Gasteiger partial charge < -0.3 is 9.88 Å². The number of rotatable bonds is 2. The molecule has 1 aromatic heterocycles. The SMILES string of the molecule is C[C@@H](c1nc2ccccc2c(=O)[nH]1)[NH+]1CCCC1. The molecular weight excluding hydrogens is 226 g/mol. The molecule has 94 valence electrons. The lowest BCUT2D eigenvalue weighted by Crippen LogP contribution is -3.10. The standard InChI is InChI=1S/C14H17N3O/c1-10(17-8-4-5-9-17)13-15-12-7-3-2-6-11(12)14(18)16-13/h2-3,6-7,10H,4-5,8-9H2,1H3,(H,15,16,18)/p+1/t10-/m0/s1. The highest BCUT2D eigenvalue weighted by Crippen LogP contribution is 2.09. The topological polar surface area (TPSA) is 50.2 Å². The molecule has 0 unspecified atom stereocenters. The molecule has 0 spiro atoms. The predicted molar refractivity (Wildman–Crippen MR) is 70.7 cm³/mol. The summed E-state index contributed by atoms with van der Waals surface area (Å²) in [6, 6.07) is 7.78. The Labute approximate surface area is 106 Å². The summed E-state index contributed by atoms with van der Waals surface area (Å²) in [5.41, 5.74) is 0.766. The first-order chi connectivity index (χ1) is 8.75. The third-order valence-corrected chi connectivity index (χ3v) is 3.90. The van der Waals surface area contributed by atoms with Crippen molar-refractivity contribution in [1.29, 1.82) is 0 Å². The summed E-state index contributed by atoms with van der Waals surface area (Å²) in [6.07, 6.45) is 2.55. The van der Waals surface area contributed by atoms with Crippen LogP contribution in [0.25, 0.3) is 10.9 Å². The molecule has 2 aromatic rings. The Hall–Kier alpha value is -1.68. The molecule has 0 saturated carbocycles. The smallest absolute Gasteiger partial charge is 0.258 e. The maximum Gasteiger partial charge on any atom is 0.258 e. The summed E-state index contributed by atoms with van der Waals surface area (Å²) >= 11 is 0. The number of quaternary nitrogens is 1. The fraction of sp³-hybridized carbons (Fsp3) is 0.429. The van der Waals surface area contributed by atoms with Crippen molar-refractivity contribution in [3.63, 3.8) is 0 Å². The van der Waals surface area contributed by atoms with Gasteiger partial charge in [-0.3, -0.25) is 4.79 Å². The second kappa shape index (κ2) is 4.53. The van der Waals surface area contributed by atoms with Crippen LogP contribution >= 0.6 is 0 Å². The van der Waals surface area contributed by atoms with Crippen LogP contribution in [0.4, 0.5) is 0 Å². The van der Waals surface area contributed by atoms with Crippen molar-refractivity contribution in [1.82, 2.24) is 9.97 Å². The first kappa shape index (κ1) is 11.4. The normalized spacial score (nSPS) is 18.3. The summed E-state index contributed by atoms with van der Waals surface area (Å²) in [5, 5.41) is 0.671. The summed E-state index contributed by atoms with van der Waals surface area (Å²) < 4.78 is 0. The van der Waals surface area contributed by atoms with Crippen LogP contribution in [0.3, 0.4) is 0 Å². The van der Waals surface area contributed by atoms with Gasteiger partial charge in [0.25, 0.3) is 5.56 Å². The lowest BCUT2D eigenvalue weighted by Gasteiger charge is -2.19. The molecule has 1 aliphatic rings. The van der Waals surface area contributed by atoms with Crippen molar-refractivity contribution in [3.05, 3.63) is 40.4 Å². The Balaban J connectivity index is 2.04. The fourth-order valence-electron chi connectivity index (χ4n) is 2.77. The van der Waals surface area contributed by atoms with Gasteiger partial charge in [0.15, 0.2) is 5.82 Å². The zero-order chi connectivity index (χ0) is 12.5. The van der Waals surface area contributed by atoms with Crippen LogP contribution < -0.4 is 10.5 Å². The van der Waals surface area contributed by atoms with Gasteiger partial charge in [0.2, 0.25) is 0 Å². The molecule has 18 heavy (non-hydrogen) atoms. The molecule has 0 radical (unpaired) electrons. The molecule has 0 amide bonds. The van der Waals surface area contributed by atoms with E-state index in [1.165, 1.54) is 30.8 Å². The van der Waals surface area contributed by atoms with Gasteiger partial charge in [0, 0.05) is 12.8 Å². The molecule has 1 aliphatic heterocycles. The molecule has 1 aromatic carbocycles. The van der Waals surface area contributed by atoms with Crippen LogP contribution in [0, 0.1) is 0 Å². The zero-order valence-corrected chi connectivity index (χ0v) is 10.6. The van der Waals surface area contributed by atoms with E-state index in [1.807, 2.05) is 24.3 Å². The quantitative estimate of drug-likeness (QED) is 0.815. The van der Waals surface area contributed by atoms with Crippen molar-refractivity contribution in [2.24, 2.45) is 0 Å². The van der Waals surface area contributed by atoms with Gasteiger partial charge in [-0.2, -0.15) is 0 Å². The van der Waals surface area contributed by atoms with Gasteiger partial charge in [-0.25, -0.2) is 4.98 Å². The first-order valence-corrected chi connectivity index (χ1v) is 6.59. The lowest BCUT2D eigenvalue weighted by atomic mass is 10.2. The number of aromatic nitrogens is 2. The number of hydrogen-bond donors (Lipinski definition) is 2. The highest BCUT2D eigenvalue weighted by Gasteiger charge is 2.25. The third kappa shape index (κ3) is 1.93. The number of para-hydroxylation sites is 1. The van der Waals surface area contributed by atoms with E-state index in [-0.39, 0.29) is 11.6 Å². The summed E-state index contributed by atoms with van der Waals surface area (Å²) in [4.78, 5) is 21.1. The van der Waals surface area contributed by atoms with Crippen molar-refractivity contribution < 1.29 is 4.90 Å². The van der Waals surface area contributed by atoms with E-state index in [0.717, 1.165) is 11.3 Å². The largest absolute Gasteiger partial charge is 0.326 e. The van der Waals surface area contributed by atoms with E-state index < -0.39 is 0 Å². The Morgan fingerprint density at radius 3 is 2.78 bits per heavy atom. The van der Waals surface area contributed by atoms with E-state index in [4.69, 9.17) is 0 Å². The van der Waals surface area contributed by atoms with E-state index in [2.05, 4.69) is 16.9 Å². The van der Waals surface area contributed by atoms with Crippen LogP contribution in [0.1, 0.15) is 31.6 Å². The van der Waals surface area contributed by atoms with Crippen LogP contribution in [0.5, 0.6) is 0 Å². The summed E-state index contributed by atoms with van der Waals surface area (Å²) in [7, 11) is 0. The second-order valence-corrected chi connectivity index (χ2v) is 5.06. The number of fused-ring (bicyclic) bond motifs is 1. The first-order valence-electron chi connectivity index (χ1n) is 6.59. The molecule has 1 fully saturated rings. The fourth-order valence-corrected chi connectivity index (χ4v) is 2.77. The number of nitrogens with zero attached hydrogens (tertiary/aromatic N) is 1. The minimum atomic E-state index is -0.0268. The molecule has 4 heteroatoms. The maximum atomic E-state index is 12.0. The Morgan fingerprint density at radius 1 is 1.28 bits per heavy atom. The van der Waals surface area contributed by atoms with E-state index in [1.54, 1.807) is 0 Å². The molecular formula is C14H18N3O+. The molecule has 0 aliphatic carbocycles. The van der Waals surface area contributed by atoms with Crippen LogP contribution in [0.15, 0.2) is 29.1 Å². The van der Waals surface area contributed by atoms with Gasteiger partial charge in [-0.05, 0) is 19.1 Å². The average molecular weight is 244 g/mol. The molecule has 4 nitrogen and oxygen atoms in total. The monoisotopic (exact) mass is 244 g/mol. The van der Waals surface area contributed by atoms with Crippen molar-refractivity contribution in [2.45, 2.75) is 25.8 Å². The van der Waals surface area contributed by atoms with E-state index in [0.29, 0.717) is 5.39 Å². The van der Waals surface area contributed by atoms with Crippen LogP contribution in [-0.2, 0) is 0 Å². The number of aromatic amines is 1. The minimum Gasteiger partial charge on any atom is -0.326 e. The van der Waals surface area contributed by atoms with Gasteiger partial charge in [0.1, 0.15) is 6.04 Å². The van der Waals surface area contributed by atoms with E-state index in [9.17, 15) is 4.79 Å².